The van der Waals surface area contributed by atoms with Gasteiger partial charge in [-0.2, -0.15) is 0 Å². The minimum Gasteiger partial charge on any atom is -0.392 e. The lowest BCUT2D eigenvalue weighted by Gasteiger charge is -2.25. The third-order valence-electron chi connectivity index (χ3n) is 3.31. The lowest BCUT2D eigenvalue weighted by Crippen LogP contribution is -2.47. The van der Waals surface area contributed by atoms with Gasteiger partial charge in [0.1, 0.15) is 0 Å². The van der Waals surface area contributed by atoms with Crippen LogP contribution in [0.5, 0.6) is 0 Å². The third kappa shape index (κ3) is 3.77. The van der Waals surface area contributed by atoms with E-state index in [0.29, 0.717) is 0 Å². The molecule has 1 atom stereocenters. The molecule has 106 valence electrons. The van der Waals surface area contributed by atoms with Crippen LogP contribution in [-0.2, 0) is 22.4 Å². The van der Waals surface area contributed by atoms with E-state index < -0.39 is 11.8 Å². The normalized spacial score (nSPS) is 16.9. The predicted molar refractivity (Wildman–Crippen MR) is 80.2 cm³/mol. The zero-order valence-corrected chi connectivity index (χ0v) is 11.8. The summed E-state index contributed by atoms with van der Waals surface area (Å²) in [5.74, 6) is -1.33. The highest BCUT2D eigenvalue weighted by atomic mass is 32.1. The third-order valence-corrected chi connectivity index (χ3v) is 3.46. The highest BCUT2D eigenvalue weighted by molar-refractivity contribution is 7.80. The molecule has 0 saturated carbocycles. The minimum atomic E-state index is -0.698. The Morgan fingerprint density at radius 3 is 2.65 bits per heavy atom. The molecule has 5 nitrogen and oxygen atoms in total. The van der Waals surface area contributed by atoms with Gasteiger partial charge in [0.2, 0.25) is 0 Å². The molecule has 0 saturated heterocycles. The topological polar surface area (TPSA) is 84.2 Å². The SMILES string of the molecule is NC(=S)CNC(=O)C(=O)NC1CCc2ccccc2C1. The van der Waals surface area contributed by atoms with E-state index in [-0.39, 0.29) is 17.6 Å². The summed E-state index contributed by atoms with van der Waals surface area (Å²) in [5.41, 5.74) is 7.81. The van der Waals surface area contributed by atoms with Crippen LogP contribution < -0.4 is 16.4 Å². The number of benzene rings is 1. The molecule has 0 radical (unpaired) electrons. The van der Waals surface area contributed by atoms with Crippen molar-refractivity contribution in [2.24, 2.45) is 5.73 Å². The average molecular weight is 291 g/mol. The Labute approximate surface area is 122 Å². The first-order valence-electron chi connectivity index (χ1n) is 6.50. The molecule has 4 N–H and O–H groups in total. The van der Waals surface area contributed by atoms with Crippen LogP contribution in [0.15, 0.2) is 24.3 Å². The fourth-order valence-corrected chi connectivity index (χ4v) is 2.39. The first-order chi connectivity index (χ1) is 9.56. The number of rotatable bonds is 3. The largest absolute Gasteiger partial charge is 0.392 e. The molecule has 1 aromatic carbocycles. The van der Waals surface area contributed by atoms with Crippen molar-refractivity contribution in [1.82, 2.24) is 10.6 Å². The second-order valence-electron chi connectivity index (χ2n) is 4.83. The molecule has 0 spiro atoms. The van der Waals surface area contributed by atoms with Crippen LogP contribution in [0.3, 0.4) is 0 Å². The number of amides is 2. The number of fused-ring (bicyclic) bond motifs is 1. The number of carbonyl (C=O) groups excluding carboxylic acids is 2. The molecule has 6 heteroatoms. The van der Waals surface area contributed by atoms with Crippen LogP contribution in [0.25, 0.3) is 0 Å². The van der Waals surface area contributed by atoms with Crippen LogP contribution in [-0.4, -0.2) is 29.4 Å². The maximum Gasteiger partial charge on any atom is 0.309 e. The fourth-order valence-electron chi connectivity index (χ4n) is 2.32. The van der Waals surface area contributed by atoms with Gasteiger partial charge in [0.15, 0.2) is 0 Å². The smallest absolute Gasteiger partial charge is 0.309 e. The highest BCUT2D eigenvalue weighted by Gasteiger charge is 2.22. The molecule has 0 heterocycles. The van der Waals surface area contributed by atoms with Crippen LogP contribution in [0.1, 0.15) is 17.5 Å². The van der Waals surface area contributed by atoms with E-state index in [1.807, 2.05) is 12.1 Å². The quantitative estimate of drug-likeness (QED) is 0.543. The number of nitrogens with two attached hydrogens (primary N) is 1. The number of carbonyl (C=O) groups is 2. The Balaban J connectivity index is 1.87. The van der Waals surface area contributed by atoms with Crippen molar-refractivity contribution >= 4 is 29.0 Å². The summed E-state index contributed by atoms with van der Waals surface area (Å²) in [6, 6.07) is 8.15. The summed E-state index contributed by atoms with van der Waals surface area (Å²) in [7, 11) is 0. The zero-order valence-electron chi connectivity index (χ0n) is 11.0. The van der Waals surface area contributed by atoms with Crippen molar-refractivity contribution in [3.63, 3.8) is 0 Å². The van der Waals surface area contributed by atoms with E-state index in [1.54, 1.807) is 0 Å². The molecule has 0 aliphatic heterocycles. The van der Waals surface area contributed by atoms with E-state index in [1.165, 1.54) is 11.1 Å². The van der Waals surface area contributed by atoms with Crippen molar-refractivity contribution in [3.8, 4) is 0 Å². The van der Waals surface area contributed by atoms with Crippen LogP contribution in [0, 0.1) is 0 Å². The molecule has 2 rings (SSSR count). The molecule has 1 aliphatic carbocycles. The van der Waals surface area contributed by atoms with Gasteiger partial charge in [0, 0.05) is 6.04 Å². The van der Waals surface area contributed by atoms with Crippen LogP contribution in [0.4, 0.5) is 0 Å². The molecule has 0 aromatic heterocycles. The summed E-state index contributed by atoms with van der Waals surface area (Å²) in [6.07, 6.45) is 2.51. The van der Waals surface area contributed by atoms with Gasteiger partial charge in [0.05, 0.1) is 11.5 Å². The number of hydrogen-bond acceptors (Lipinski definition) is 3. The summed E-state index contributed by atoms with van der Waals surface area (Å²) in [5, 5.41) is 5.12. The van der Waals surface area contributed by atoms with Gasteiger partial charge in [0.25, 0.3) is 0 Å². The molecule has 0 fully saturated rings. The summed E-state index contributed by atoms with van der Waals surface area (Å²) < 4.78 is 0. The summed E-state index contributed by atoms with van der Waals surface area (Å²) in [4.78, 5) is 23.4. The lowest BCUT2D eigenvalue weighted by atomic mass is 9.88. The molecule has 1 unspecified atom stereocenters. The van der Waals surface area contributed by atoms with Gasteiger partial charge in [-0.1, -0.05) is 36.5 Å². The second kappa shape index (κ2) is 6.47. The predicted octanol–water partition coefficient (Wildman–Crippen LogP) is 0.0624. The fraction of sp³-hybridized carbons (Fsp3) is 0.357. The van der Waals surface area contributed by atoms with Gasteiger partial charge >= 0.3 is 11.8 Å². The molecule has 1 aliphatic rings. The number of thiocarbonyl (C=S) groups is 1. The van der Waals surface area contributed by atoms with Crippen LogP contribution in [0.2, 0.25) is 0 Å². The molecule has 1 aromatic rings. The van der Waals surface area contributed by atoms with E-state index in [9.17, 15) is 9.59 Å². The number of nitrogens with one attached hydrogen (secondary N) is 2. The van der Waals surface area contributed by atoms with Crippen molar-refractivity contribution in [3.05, 3.63) is 35.4 Å². The number of aryl methyl sites for hydroxylation is 1. The van der Waals surface area contributed by atoms with Crippen molar-refractivity contribution in [2.75, 3.05) is 6.54 Å². The maximum absolute atomic E-state index is 11.7. The Bertz CT molecular complexity index is 545. The molecular formula is C14H17N3O2S. The molecule has 20 heavy (non-hydrogen) atoms. The Morgan fingerprint density at radius 1 is 1.25 bits per heavy atom. The first kappa shape index (κ1) is 14.5. The van der Waals surface area contributed by atoms with E-state index in [4.69, 9.17) is 5.73 Å². The molecule has 2 amide bonds. The van der Waals surface area contributed by atoms with E-state index in [2.05, 4.69) is 35.0 Å². The van der Waals surface area contributed by atoms with E-state index in [0.717, 1.165) is 19.3 Å². The summed E-state index contributed by atoms with van der Waals surface area (Å²) >= 11 is 4.64. The van der Waals surface area contributed by atoms with Crippen molar-refractivity contribution < 1.29 is 9.59 Å². The van der Waals surface area contributed by atoms with Gasteiger partial charge in [-0.05, 0) is 30.4 Å². The van der Waals surface area contributed by atoms with Gasteiger partial charge in [-0.25, -0.2) is 0 Å². The number of hydrogen-bond donors (Lipinski definition) is 3. The first-order valence-corrected chi connectivity index (χ1v) is 6.91. The molecule has 0 bridgehead atoms. The second-order valence-corrected chi connectivity index (χ2v) is 5.36. The zero-order chi connectivity index (χ0) is 14.5. The summed E-state index contributed by atoms with van der Waals surface area (Å²) in [6.45, 7) is 0.0368. The highest BCUT2D eigenvalue weighted by Crippen LogP contribution is 2.20. The molecular weight excluding hydrogens is 274 g/mol. The van der Waals surface area contributed by atoms with Crippen molar-refractivity contribution in [1.29, 1.82) is 0 Å². The Kier molecular flexibility index (Phi) is 4.68. The minimum absolute atomic E-state index is 0.00650. The maximum atomic E-state index is 11.7. The van der Waals surface area contributed by atoms with Crippen LogP contribution >= 0.6 is 12.2 Å². The monoisotopic (exact) mass is 291 g/mol. The van der Waals surface area contributed by atoms with Gasteiger partial charge in [-0.3, -0.25) is 9.59 Å². The average Bonchev–Trinajstić information content (AvgIpc) is 2.44. The van der Waals surface area contributed by atoms with Crippen molar-refractivity contribution in [2.45, 2.75) is 25.3 Å². The van der Waals surface area contributed by atoms with Gasteiger partial charge in [-0.15, -0.1) is 0 Å². The lowest BCUT2D eigenvalue weighted by molar-refractivity contribution is -0.139. The standard InChI is InChI=1S/C14H17N3O2S/c15-12(20)8-16-13(18)14(19)17-11-6-5-9-3-1-2-4-10(9)7-11/h1-4,11H,5-8H2,(H2,15,20)(H,16,18)(H,17,19). The Hall–Kier alpha value is -1.95. The Morgan fingerprint density at radius 2 is 1.95 bits per heavy atom. The van der Waals surface area contributed by atoms with E-state index >= 15 is 0 Å². The van der Waals surface area contributed by atoms with Gasteiger partial charge < -0.3 is 16.4 Å².